The van der Waals surface area contributed by atoms with Crippen LogP contribution in [0.1, 0.15) is 0 Å². The van der Waals surface area contributed by atoms with E-state index in [1.54, 1.807) is 32.1 Å². The Kier molecular flexibility index (Phi) is 3.56. The summed E-state index contributed by atoms with van der Waals surface area (Å²) < 4.78 is 42.6. The van der Waals surface area contributed by atoms with Crippen molar-refractivity contribution in [2.75, 3.05) is 19.0 Å². The topological polar surface area (TPSA) is 43.2 Å². The van der Waals surface area contributed by atoms with E-state index in [2.05, 4.69) is 14.8 Å². The largest absolute Gasteiger partial charge is 0.573 e. The van der Waals surface area contributed by atoms with E-state index in [0.29, 0.717) is 5.95 Å². The number of para-hydroxylation sites is 1. The highest BCUT2D eigenvalue weighted by Gasteiger charge is 2.32. The monoisotopic (exact) mass is 286 g/mol. The lowest BCUT2D eigenvalue weighted by Gasteiger charge is -2.11. The summed E-state index contributed by atoms with van der Waals surface area (Å²) >= 11 is 0. The highest BCUT2D eigenvalue weighted by molar-refractivity contribution is 5.64. The van der Waals surface area contributed by atoms with Gasteiger partial charge in [-0.3, -0.25) is 0 Å². The van der Waals surface area contributed by atoms with Crippen molar-refractivity contribution in [3.05, 3.63) is 24.3 Å². The molecular weight excluding hydrogens is 273 g/mol. The van der Waals surface area contributed by atoms with Crippen molar-refractivity contribution in [2.45, 2.75) is 6.36 Å². The Hall–Kier alpha value is -2.25. The molecule has 2 aromatic rings. The van der Waals surface area contributed by atoms with Crippen LogP contribution >= 0.6 is 0 Å². The standard InChI is InChI=1S/C12H13F3N4O/c1-18(2)11-16-10(17-19(11)3)8-6-4-5-7-9(8)20-12(13,14)15/h4-7H,1-3H3. The number of aryl methyl sites for hydroxylation is 1. The van der Waals surface area contributed by atoms with Gasteiger partial charge in [-0.1, -0.05) is 12.1 Å². The van der Waals surface area contributed by atoms with Crippen molar-refractivity contribution in [1.82, 2.24) is 14.8 Å². The molecule has 0 bridgehead atoms. The third kappa shape index (κ3) is 3.01. The van der Waals surface area contributed by atoms with E-state index in [1.165, 1.54) is 22.9 Å². The number of anilines is 1. The van der Waals surface area contributed by atoms with E-state index in [-0.39, 0.29) is 17.1 Å². The van der Waals surface area contributed by atoms with E-state index in [0.717, 1.165) is 0 Å². The van der Waals surface area contributed by atoms with E-state index < -0.39 is 6.36 Å². The molecule has 1 aromatic heterocycles. The zero-order chi connectivity index (χ0) is 14.9. The Bertz CT molecular complexity index is 607. The molecule has 0 saturated heterocycles. The van der Waals surface area contributed by atoms with Gasteiger partial charge < -0.3 is 9.64 Å². The van der Waals surface area contributed by atoms with Crippen LogP contribution in [-0.2, 0) is 7.05 Å². The highest BCUT2D eigenvalue weighted by atomic mass is 19.4. The van der Waals surface area contributed by atoms with Crippen LogP contribution in [-0.4, -0.2) is 35.2 Å². The van der Waals surface area contributed by atoms with Gasteiger partial charge in [0.1, 0.15) is 5.75 Å². The van der Waals surface area contributed by atoms with E-state index in [4.69, 9.17) is 0 Å². The molecule has 1 heterocycles. The molecule has 8 heteroatoms. The van der Waals surface area contributed by atoms with Crippen molar-refractivity contribution in [3.63, 3.8) is 0 Å². The second-order valence-electron chi connectivity index (χ2n) is 4.30. The number of hydrogen-bond acceptors (Lipinski definition) is 4. The van der Waals surface area contributed by atoms with Crippen LogP contribution in [0.2, 0.25) is 0 Å². The van der Waals surface area contributed by atoms with Gasteiger partial charge in [0, 0.05) is 21.1 Å². The average Bonchev–Trinajstić information content (AvgIpc) is 2.70. The minimum Gasteiger partial charge on any atom is -0.405 e. The summed E-state index contributed by atoms with van der Waals surface area (Å²) in [6.07, 6.45) is -4.75. The van der Waals surface area contributed by atoms with E-state index >= 15 is 0 Å². The molecule has 0 N–H and O–H groups in total. The first-order valence-electron chi connectivity index (χ1n) is 5.71. The van der Waals surface area contributed by atoms with Crippen LogP contribution in [0.3, 0.4) is 0 Å². The molecule has 0 atom stereocenters. The van der Waals surface area contributed by atoms with Crippen LogP contribution in [0.5, 0.6) is 5.75 Å². The number of halogens is 3. The number of alkyl halides is 3. The lowest BCUT2D eigenvalue weighted by molar-refractivity contribution is -0.274. The first kappa shape index (κ1) is 14.2. The molecule has 1 aromatic carbocycles. The summed E-state index contributed by atoms with van der Waals surface area (Å²) in [5.74, 6) is 0.383. The van der Waals surface area contributed by atoms with Crippen LogP contribution in [0.4, 0.5) is 19.1 Å². The number of hydrogen-bond donors (Lipinski definition) is 0. The molecule has 0 radical (unpaired) electrons. The van der Waals surface area contributed by atoms with Crippen molar-refractivity contribution < 1.29 is 17.9 Å². The van der Waals surface area contributed by atoms with Crippen LogP contribution in [0, 0.1) is 0 Å². The smallest absolute Gasteiger partial charge is 0.405 e. The first-order valence-corrected chi connectivity index (χ1v) is 5.71. The fourth-order valence-corrected chi connectivity index (χ4v) is 1.74. The van der Waals surface area contributed by atoms with Gasteiger partial charge in [-0.05, 0) is 12.1 Å². The molecule has 108 valence electrons. The Labute approximate surface area is 113 Å². The fourth-order valence-electron chi connectivity index (χ4n) is 1.74. The second kappa shape index (κ2) is 5.03. The number of aromatic nitrogens is 3. The first-order chi connectivity index (χ1) is 9.28. The van der Waals surface area contributed by atoms with Gasteiger partial charge in [0.15, 0.2) is 5.82 Å². The Morgan fingerprint density at radius 3 is 2.40 bits per heavy atom. The van der Waals surface area contributed by atoms with Gasteiger partial charge in [-0.2, -0.15) is 4.98 Å². The summed E-state index contributed by atoms with van der Waals surface area (Å²) in [5.41, 5.74) is 0.188. The van der Waals surface area contributed by atoms with Gasteiger partial charge in [-0.25, -0.2) is 4.68 Å². The summed E-state index contributed by atoms with van der Waals surface area (Å²) in [4.78, 5) is 5.91. The summed E-state index contributed by atoms with van der Waals surface area (Å²) in [6.45, 7) is 0. The van der Waals surface area contributed by atoms with E-state index in [1.807, 2.05) is 0 Å². The molecular formula is C12H13F3N4O. The lowest BCUT2D eigenvalue weighted by Crippen LogP contribution is -2.17. The maximum atomic E-state index is 12.4. The third-order valence-electron chi connectivity index (χ3n) is 2.49. The molecule has 20 heavy (non-hydrogen) atoms. The second-order valence-corrected chi connectivity index (χ2v) is 4.30. The van der Waals surface area contributed by atoms with Crippen molar-refractivity contribution in [3.8, 4) is 17.1 Å². The molecule has 0 aliphatic heterocycles. The van der Waals surface area contributed by atoms with Crippen molar-refractivity contribution in [1.29, 1.82) is 0 Å². The van der Waals surface area contributed by atoms with Crippen LogP contribution in [0.15, 0.2) is 24.3 Å². The van der Waals surface area contributed by atoms with Crippen LogP contribution in [0.25, 0.3) is 11.4 Å². The number of rotatable bonds is 3. The number of ether oxygens (including phenoxy) is 1. The average molecular weight is 286 g/mol. The highest BCUT2D eigenvalue weighted by Crippen LogP contribution is 2.32. The molecule has 2 rings (SSSR count). The lowest BCUT2D eigenvalue weighted by atomic mass is 10.2. The molecule has 0 saturated carbocycles. The SMILES string of the molecule is CN(C)c1nc(-c2ccccc2OC(F)(F)F)nn1C. The van der Waals surface area contributed by atoms with Crippen LogP contribution < -0.4 is 9.64 Å². The maximum absolute atomic E-state index is 12.4. The normalized spacial score (nSPS) is 11.5. The van der Waals surface area contributed by atoms with Gasteiger partial charge in [0.05, 0.1) is 5.56 Å². The molecule has 5 nitrogen and oxygen atoms in total. The summed E-state index contributed by atoms with van der Waals surface area (Å²) in [7, 11) is 5.21. The molecule has 0 spiro atoms. The van der Waals surface area contributed by atoms with Gasteiger partial charge in [-0.15, -0.1) is 18.3 Å². The predicted octanol–water partition coefficient (Wildman–Crippen LogP) is 2.45. The molecule has 0 aliphatic carbocycles. The summed E-state index contributed by atoms with van der Waals surface area (Å²) in [5, 5.41) is 4.11. The quantitative estimate of drug-likeness (QED) is 0.869. The third-order valence-corrected chi connectivity index (χ3v) is 2.49. The number of nitrogens with zero attached hydrogens (tertiary/aromatic N) is 4. The van der Waals surface area contributed by atoms with Gasteiger partial charge >= 0.3 is 6.36 Å². The number of benzene rings is 1. The van der Waals surface area contributed by atoms with Crippen molar-refractivity contribution in [2.24, 2.45) is 7.05 Å². The zero-order valence-electron chi connectivity index (χ0n) is 11.1. The molecule has 0 aliphatic rings. The minimum atomic E-state index is -4.75. The van der Waals surface area contributed by atoms with Crippen molar-refractivity contribution >= 4 is 5.95 Å². The van der Waals surface area contributed by atoms with E-state index in [9.17, 15) is 13.2 Å². The Balaban J connectivity index is 2.45. The minimum absolute atomic E-state index is 0.177. The van der Waals surface area contributed by atoms with Gasteiger partial charge in [0.25, 0.3) is 0 Å². The molecule has 0 amide bonds. The fraction of sp³-hybridized carbons (Fsp3) is 0.333. The Morgan fingerprint density at radius 1 is 1.20 bits per heavy atom. The predicted molar refractivity (Wildman–Crippen MR) is 67.4 cm³/mol. The molecule has 0 unspecified atom stereocenters. The maximum Gasteiger partial charge on any atom is 0.573 e. The van der Waals surface area contributed by atoms with Gasteiger partial charge in [0.2, 0.25) is 5.95 Å². The zero-order valence-corrected chi connectivity index (χ0v) is 11.1. The molecule has 0 fully saturated rings. The Morgan fingerprint density at radius 2 is 1.85 bits per heavy atom. The summed E-state index contributed by atoms with van der Waals surface area (Å²) in [6, 6.07) is 5.77.